The molecule has 0 aromatic heterocycles. The maximum absolute atomic E-state index is 12.4. The number of aryl methyl sites for hydroxylation is 1. The highest BCUT2D eigenvalue weighted by Crippen LogP contribution is 2.16. The van der Waals surface area contributed by atoms with E-state index >= 15 is 0 Å². The van der Waals surface area contributed by atoms with Crippen LogP contribution in [0.25, 0.3) is 0 Å². The van der Waals surface area contributed by atoms with E-state index in [0.29, 0.717) is 12.5 Å². The normalized spacial score (nSPS) is 15.9. The van der Waals surface area contributed by atoms with Crippen LogP contribution in [-0.4, -0.2) is 55.0 Å². The van der Waals surface area contributed by atoms with Crippen LogP contribution < -0.4 is 4.74 Å². The first kappa shape index (κ1) is 17.8. The Morgan fingerprint density at radius 2 is 1.78 bits per heavy atom. The van der Waals surface area contributed by atoms with Gasteiger partial charge in [0.1, 0.15) is 12.4 Å². The quantitative estimate of drug-likeness (QED) is 0.775. The summed E-state index contributed by atoms with van der Waals surface area (Å²) < 4.78 is 5.86. The number of rotatable bonds is 7. The molecular formula is C19H30N2O2. The first-order chi connectivity index (χ1) is 11.2. The van der Waals surface area contributed by atoms with Crippen molar-refractivity contribution < 1.29 is 9.53 Å². The number of amides is 1. The van der Waals surface area contributed by atoms with Crippen molar-refractivity contribution in [3.8, 4) is 5.75 Å². The number of nitrogens with zero attached hydrogens (tertiary/aromatic N) is 2. The summed E-state index contributed by atoms with van der Waals surface area (Å²) in [5.74, 6) is 1.51. The fraction of sp³-hybridized carbons (Fsp3) is 0.632. The molecule has 0 unspecified atom stereocenters. The summed E-state index contributed by atoms with van der Waals surface area (Å²) in [7, 11) is 0. The second-order valence-electron chi connectivity index (χ2n) is 6.29. The van der Waals surface area contributed by atoms with Crippen molar-refractivity contribution in [2.45, 2.75) is 33.6 Å². The van der Waals surface area contributed by atoms with Gasteiger partial charge in [-0.15, -0.1) is 0 Å². The molecule has 0 saturated carbocycles. The molecule has 4 nitrogen and oxygen atoms in total. The molecule has 23 heavy (non-hydrogen) atoms. The van der Waals surface area contributed by atoms with E-state index in [4.69, 9.17) is 4.74 Å². The number of piperazine rings is 1. The van der Waals surface area contributed by atoms with Crippen molar-refractivity contribution >= 4 is 5.91 Å². The fourth-order valence-corrected chi connectivity index (χ4v) is 3.09. The summed E-state index contributed by atoms with van der Waals surface area (Å²) in [6.45, 7) is 11.5. The first-order valence-electron chi connectivity index (χ1n) is 8.85. The van der Waals surface area contributed by atoms with Crippen molar-refractivity contribution in [3.63, 3.8) is 0 Å². The maximum atomic E-state index is 12.4. The van der Waals surface area contributed by atoms with Gasteiger partial charge in [-0.2, -0.15) is 0 Å². The Balaban J connectivity index is 1.71. The van der Waals surface area contributed by atoms with E-state index in [0.717, 1.165) is 51.3 Å². The number of carbonyl (C=O) groups excluding carboxylic acids is 1. The summed E-state index contributed by atoms with van der Waals surface area (Å²) in [5.41, 5.74) is 1.17. The minimum absolute atomic E-state index is 0.200. The smallest absolute Gasteiger partial charge is 0.225 e. The van der Waals surface area contributed by atoms with Gasteiger partial charge in [-0.3, -0.25) is 9.69 Å². The Labute approximate surface area is 140 Å². The average molecular weight is 318 g/mol. The lowest BCUT2D eigenvalue weighted by Gasteiger charge is -2.36. The SMILES string of the molecule is CCC(CC)C(=O)N1CCN(CCOc2ccccc2C)CC1. The average Bonchev–Trinajstić information content (AvgIpc) is 2.58. The largest absolute Gasteiger partial charge is 0.492 e. The van der Waals surface area contributed by atoms with Gasteiger partial charge in [-0.05, 0) is 31.4 Å². The van der Waals surface area contributed by atoms with Gasteiger partial charge in [0.25, 0.3) is 0 Å². The number of hydrogen-bond acceptors (Lipinski definition) is 3. The number of carbonyl (C=O) groups is 1. The molecule has 1 heterocycles. The molecule has 2 rings (SSSR count). The lowest BCUT2D eigenvalue weighted by Crippen LogP contribution is -2.51. The molecule has 0 spiro atoms. The highest BCUT2D eigenvalue weighted by molar-refractivity contribution is 5.78. The zero-order valence-electron chi connectivity index (χ0n) is 14.8. The number of para-hydroxylation sites is 1. The number of ether oxygens (including phenoxy) is 1. The molecule has 1 amide bonds. The molecule has 1 aromatic carbocycles. The molecule has 1 fully saturated rings. The molecule has 4 heteroatoms. The van der Waals surface area contributed by atoms with Crippen LogP contribution in [0.3, 0.4) is 0 Å². The second kappa shape index (κ2) is 8.92. The third kappa shape index (κ3) is 4.96. The van der Waals surface area contributed by atoms with Crippen molar-refractivity contribution in [1.82, 2.24) is 9.80 Å². The Morgan fingerprint density at radius 1 is 1.13 bits per heavy atom. The lowest BCUT2D eigenvalue weighted by atomic mass is 10.0. The van der Waals surface area contributed by atoms with Crippen LogP contribution >= 0.6 is 0 Å². The van der Waals surface area contributed by atoms with E-state index < -0.39 is 0 Å². The predicted octanol–water partition coefficient (Wildman–Crippen LogP) is 2.95. The molecule has 1 saturated heterocycles. The van der Waals surface area contributed by atoms with Gasteiger partial charge in [0, 0.05) is 38.6 Å². The minimum atomic E-state index is 0.200. The van der Waals surface area contributed by atoms with Crippen LogP contribution in [0.4, 0.5) is 0 Å². The van der Waals surface area contributed by atoms with E-state index in [1.165, 1.54) is 5.56 Å². The fourth-order valence-electron chi connectivity index (χ4n) is 3.09. The third-order valence-electron chi connectivity index (χ3n) is 4.78. The summed E-state index contributed by atoms with van der Waals surface area (Å²) in [6, 6.07) is 8.11. The summed E-state index contributed by atoms with van der Waals surface area (Å²) in [6.07, 6.45) is 1.89. The molecule has 0 atom stereocenters. The van der Waals surface area contributed by atoms with Gasteiger partial charge in [0.05, 0.1) is 0 Å². The Bertz CT molecular complexity index is 492. The molecule has 128 valence electrons. The minimum Gasteiger partial charge on any atom is -0.492 e. The zero-order chi connectivity index (χ0) is 16.7. The van der Waals surface area contributed by atoms with Crippen LogP contribution in [0, 0.1) is 12.8 Å². The summed E-state index contributed by atoms with van der Waals surface area (Å²) in [5, 5.41) is 0. The predicted molar refractivity (Wildman–Crippen MR) is 93.8 cm³/mol. The van der Waals surface area contributed by atoms with E-state index in [1.807, 2.05) is 23.1 Å². The van der Waals surface area contributed by atoms with E-state index in [9.17, 15) is 4.79 Å². The zero-order valence-corrected chi connectivity index (χ0v) is 14.8. The Morgan fingerprint density at radius 3 is 2.39 bits per heavy atom. The van der Waals surface area contributed by atoms with Crippen LogP contribution in [0.1, 0.15) is 32.3 Å². The van der Waals surface area contributed by atoms with Crippen molar-refractivity contribution in [3.05, 3.63) is 29.8 Å². The molecular weight excluding hydrogens is 288 g/mol. The van der Waals surface area contributed by atoms with Gasteiger partial charge in [0.15, 0.2) is 0 Å². The monoisotopic (exact) mass is 318 g/mol. The van der Waals surface area contributed by atoms with E-state index in [-0.39, 0.29) is 5.92 Å². The molecule has 1 aliphatic rings. The van der Waals surface area contributed by atoms with E-state index in [2.05, 4.69) is 31.7 Å². The highest BCUT2D eigenvalue weighted by Gasteiger charge is 2.25. The molecule has 0 aliphatic carbocycles. The number of hydrogen-bond donors (Lipinski definition) is 0. The Kier molecular flexibility index (Phi) is 6.90. The van der Waals surface area contributed by atoms with Crippen LogP contribution in [-0.2, 0) is 4.79 Å². The van der Waals surface area contributed by atoms with Crippen LogP contribution in [0.2, 0.25) is 0 Å². The van der Waals surface area contributed by atoms with Gasteiger partial charge in [0.2, 0.25) is 5.91 Å². The second-order valence-corrected chi connectivity index (χ2v) is 6.29. The molecule has 1 aromatic rings. The lowest BCUT2D eigenvalue weighted by molar-refractivity contribution is -0.137. The standard InChI is InChI=1S/C19H30N2O2/c1-4-17(5-2)19(22)21-12-10-20(11-13-21)14-15-23-18-9-7-6-8-16(18)3/h6-9,17H,4-5,10-15H2,1-3H3. The number of benzene rings is 1. The Hall–Kier alpha value is -1.55. The maximum Gasteiger partial charge on any atom is 0.225 e. The van der Waals surface area contributed by atoms with Gasteiger partial charge in [-0.25, -0.2) is 0 Å². The van der Waals surface area contributed by atoms with Crippen molar-refractivity contribution in [2.24, 2.45) is 5.92 Å². The molecule has 0 N–H and O–H groups in total. The molecule has 1 aliphatic heterocycles. The summed E-state index contributed by atoms with van der Waals surface area (Å²) >= 11 is 0. The van der Waals surface area contributed by atoms with Gasteiger partial charge in [-0.1, -0.05) is 32.0 Å². The van der Waals surface area contributed by atoms with Crippen molar-refractivity contribution in [2.75, 3.05) is 39.3 Å². The molecule has 0 bridgehead atoms. The first-order valence-corrected chi connectivity index (χ1v) is 8.85. The highest BCUT2D eigenvalue weighted by atomic mass is 16.5. The van der Waals surface area contributed by atoms with Crippen molar-refractivity contribution in [1.29, 1.82) is 0 Å². The third-order valence-corrected chi connectivity index (χ3v) is 4.78. The van der Waals surface area contributed by atoms with Crippen LogP contribution in [0.5, 0.6) is 5.75 Å². The van der Waals surface area contributed by atoms with Gasteiger partial charge >= 0.3 is 0 Å². The van der Waals surface area contributed by atoms with Crippen LogP contribution in [0.15, 0.2) is 24.3 Å². The van der Waals surface area contributed by atoms with E-state index in [1.54, 1.807) is 0 Å². The summed E-state index contributed by atoms with van der Waals surface area (Å²) in [4.78, 5) is 16.8. The van der Waals surface area contributed by atoms with Gasteiger partial charge < -0.3 is 9.64 Å². The topological polar surface area (TPSA) is 32.8 Å². The molecule has 0 radical (unpaired) electrons.